The second-order valence-corrected chi connectivity index (χ2v) is 4.43. The number of benzene rings is 1. The van der Waals surface area contributed by atoms with Crippen LogP contribution in [0.5, 0.6) is 5.75 Å². The van der Waals surface area contributed by atoms with Gasteiger partial charge in [-0.25, -0.2) is 4.39 Å². The van der Waals surface area contributed by atoms with Gasteiger partial charge in [-0.3, -0.25) is 0 Å². The highest BCUT2D eigenvalue weighted by Gasteiger charge is 2.23. The van der Waals surface area contributed by atoms with E-state index in [4.69, 9.17) is 16.3 Å². The number of halogens is 2. The monoisotopic (exact) mass is 243 g/mol. The van der Waals surface area contributed by atoms with Gasteiger partial charge < -0.3 is 10.1 Å². The van der Waals surface area contributed by atoms with Crippen LogP contribution in [0.25, 0.3) is 0 Å². The summed E-state index contributed by atoms with van der Waals surface area (Å²) in [6.07, 6.45) is 2.03. The van der Waals surface area contributed by atoms with Crippen molar-refractivity contribution in [3.8, 4) is 5.75 Å². The van der Waals surface area contributed by atoms with Crippen LogP contribution < -0.4 is 10.1 Å². The van der Waals surface area contributed by atoms with Crippen molar-refractivity contribution < 1.29 is 9.13 Å². The van der Waals surface area contributed by atoms with Crippen LogP contribution in [0.15, 0.2) is 12.1 Å². The highest BCUT2D eigenvalue weighted by molar-refractivity contribution is 6.30. The Morgan fingerprint density at radius 3 is 2.94 bits per heavy atom. The average molecular weight is 244 g/mol. The smallest absolute Gasteiger partial charge is 0.149 e. The zero-order valence-electron chi connectivity index (χ0n) is 9.22. The molecular formula is C12H15ClFNO. The zero-order valence-corrected chi connectivity index (χ0v) is 9.98. The SMILES string of the molecule is COc1ccc(Cl)c(F)c1C1CCCNC1. The summed E-state index contributed by atoms with van der Waals surface area (Å²) in [5.74, 6) is 0.410. The first-order chi connectivity index (χ1) is 7.74. The second-order valence-electron chi connectivity index (χ2n) is 4.02. The molecule has 0 radical (unpaired) electrons. The third-order valence-corrected chi connectivity index (χ3v) is 3.31. The summed E-state index contributed by atoms with van der Waals surface area (Å²) in [5.41, 5.74) is 0.613. The summed E-state index contributed by atoms with van der Waals surface area (Å²) in [4.78, 5) is 0. The number of ether oxygens (including phenoxy) is 1. The Kier molecular flexibility index (Phi) is 3.66. The van der Waals surface area contributed by atoms with Crippen LogP contribution in [0.3, 0.4) is 0 Å². The summed E-state index contributed by atoms with van der Waals surface area (Å²) >= 11 is 5.81. The zero-order chi connectivity index (χ0) is 11.5. The van der Waals surface area contributed by atoms with Crippen molar-refractivity contribution in [2.45, 2.75) is 18.8 Å². The van der Waals surface area contributed by atoms with Crippen molar-refractivity contribution in [3.63, 3.8) is 0 Å². The fourth-order valence-corrected chi connectivity index (χ4v) is 2.37. The minimum atomic E-state index is -0.338. The summed E-state index contributed by atoms with van der Waals surface area (Å²) in [6.45, 7) is 1.79. The molecule has 0 bridgehead atoms. The van der Waals surface area contributed by atoms with Gasteiger partial charge in [-0.1, -0.05) is 11.6 Å². The third-order valence-electron chi connectivity index (χ3n) is 3.02. The van der Waals surface area contributed by atoms with Gasteiger partial charge in [-0.2, -0.15) is 0 Å². The minimum Gasteiger partial charge on any atom is -0.496 e. The van der Waals surface area contributed by atoms with Gasteiger partial charge in [0.1, 0.15) is 11.6 Å². The van der Waals surface area contributed by atoms with Crippen LogP contribution in [0.2, 0.25) is 5.02 Å². The molecule has 1 heterocycles. The summed E-state index contributed by atoms with van der Waals surface area (Å²) in [7, 11) is 1.56. The molecule has 0 aliphatic carbocycles. The Balaban J connectivity index is 2.39. The van der Waals surface area contributed by atoms with Gasteiger partial charge >= 0.3 is 0 Å². The molecule has 16 heavy (non-hydrogen) atoms. The Morgan fingerprint density at radius 2 is 2.31 bits per heavy atom. The highest BCUT2D eigenvalue weighted by Crippen LogP contribution is 2.36. The van der Waals surface area contributed by atoms with Crippen LogP contribution in [0, 0.1) is 5.82 Å². The van der Waals surface area contributed by atoms with Crippen LogP contribution in [0.1, 0.15) is 24.3 Å². The molecule has 1 N–H and O–H groups in total. The largest absolute Gasteiger partial charge is 0.496 e. The third kappa shape index (κ3) is 2.15. The van der Waals surface area contributed by atoms with Crippen molar-refractivity contribution in [2.24, 2.45) is 0 Å². The van der Waals surface area contributed by atoms with Crippen LogP contribution in [0.4, 0.5) is 4.39 Å². The van der Waals surface area contributed by atoms with E-state index in [1.165, 1.54) is 6.07 Å². The standard InChI is InChI=1S/C12H15ClFNO/c1-16-10-5-4-9(13)12(14)11(10)8-3-2-6-15-7-8/h4-5,8,15H,2-3,6-7H2,1H3. The fourth-order valence-electron chi connectivity index (χ4n) is 2.21. The Morgan fingerprint density at radius 1 is 1.50 bits per heavy atom. The predicted octanol–water partition coefficient (Wildman–Crippen LogP) is 2.95. The molecule has 1 unspecified atom stereocenters. The van der Waals surface area contributed by atoms with E-state index in [1.807, 2.05) is 0 Å². The van der Waals surface area contributed by atoms with Crippen molar-refractivity contribution in [1.82, 2.24) is 5.32 Å². The van der Waals surface area contributed by atoms with E-state index in [0.29, 0.717) is 11.3 Å². The first kappa shape index (κ1) is 11.7. The Labute approximate surface area is 99.7 Å². The van der Waals surface area contributed by atoms with Crippen molar-refractivity contribution >= 4 is 11.6 Å². The minimum absolute atomic E-state index is 0.155. The lowest BCUT2D eigenvalue weighted by Gasteiger charge is -2.25. The van der Waals surface area contributed by atoms with Crippen LogP contribution in [-0.4, -0.2) is 20.2 Å². The van der Waals surface area contributed by atoms with Gasteiger partial charge in [0.2, 0.25) is 0 Å². The number of rotatable bonds is 2. The number of methoxy groups -OCH3 is 1. The molecule has 0 amide bonds. The number of hydrogen-bond acceptors (Lipinski definition) is 2. The van der Waals surface area contributed by atoms with Gasteiger partial charge in [0, 0.05) is 18.0 Å². The molecule has 1 saturated heterocycles. The second kappa shape index (κ2) is 5.02. The fraction of sp³-hybridized carbons (Fsp3) is 0.500. The van der Waals surface area contributed by atoms with E-state index in [9.17, 15) is 4.39 Å². The summed E-state index contributed by atoms with van der Waals surface area (Å²) < 4.78 is 19.2. The lowest BCUT2D eigenvalue weighted by molar-refractivity contribution is 0.382. The lowest BCUT2D eigenvalue weighted by Crippen LogP contribution is -2.29. The molecule has 0 saturated carbocycles. The molecule has 1 aliphatic heterocycles. The van der Waals surface area contributed by atoms with E-state index in [2.05, 4.69) is 5.32 Å². The van der Waals surface area contributed by atoms with Crippen LogP contribution >= 0.6 is 11.6 Å². The normalized spacial score (nSPS) is 20.8. The van der Waals surface area contributed by atoms with Crippen molar-refractivity contribution in [2.75, 3.05) is 20.2 Å². The molecule has 1 aliphatic rings. The maximum atomic E-state index is 14.0. The summed E-state index contributed by atoms with van der Waals surface area (Å²) in [6, 6.07) is 3.27. The quantitative estimate of drug-likeness (QED) is 0.862. The maximum Gasteiger partial charge on any atom is 0.149 e. The molecular weight excluding hydrogens is 229 g/mol. The average Bonchev–Trinajstić information content (AvgIpc) is 2.33. The van der Waals surface area contributed by atoms with E-state index in [-0.39, 0.29) is 16.8 Å². The maximum absolute atomic E-state index is 14.0. The number of hydrogen-bond donors (Lipinski definition) is 1. The van der Waals surface area contributed by atoms with Gasteiger partial charge in [-0.15, -0.1) is 0 Å². The van der Waals surface area contributed by atoms with Crippen molar-refractivity contribution in [1.29, 1.82) is 0 Å². The van der Waals surface area contributed by atoms with Gasteiger partial charge in [0.25, 0.3) is 0 Å². The number of nitrogens with one attached hydrogen (secondary N) is 1. The molecule has 0 spiro atoms. The first-order valence-corrected chi connectivity index (χ1v) is 5.84. The molecule has 0 aromatic heterocycles. The Bertz CT molecular complexity index is 378. The van der Waals surface area contributed by atoms with Crippen LogP contribution in [-0.2, 0) is 0 Å². The molecule has 2 nitrogen and oxygen atoms in total. The van der Waals surface area contributed by atoms with Gasteiger partial charge in [0.05, 0.1) is 12.1 Å². The van der Waals surface area contributed by atoms with Crippen molar-refractivity contribution in [3.05, 3.63) is 28.5 Å². The Hall–Kier alpha value is -0.800. The van der Waals surface area contributed by atoms with Gasteiger partial charge in [-0.05, 0) is 31.5 Å². The molecule has 2 rings (SSSR count). The van der Waals surface area contributed by atoms with Gasteiger partial charge in [0.15, 0.2) is 0 Å². The molecule has 1 atom stereocenters. The molecule has 88 valence electrons. The first-order valence-electron chi connectivity index (χ1n) is 5.46. The molecule has 1 aromatic carbocycles. The topological polar surface area (TPSA) is 21.3 Å². The lowest BCUT2D eigenvalue weighted by atomic mass is 9.90. The molecule has 1 aromatic rings. The summed E-state index contributed by atoms with van der Waals surface area (Å²) in [5, 5.41) is 3.43. The van der Waals surface area contributed by atoms with E-state index in [1.54, 1.807) is 13.2 Å². The highest BCUT2D eigenvalue weighted by atomic mass is 35.5. The number of piperidine rings is 1. The van der Waals surface area contributed by atoms with E-state index < -0.39 is 0 Å². The van der Waals surface area contributed by atoms with E-state index >= 15 is 0 Å². The molecule has 4 heteroatoms. The van der Waals surface area contributed by atoms with E-state index in [0.717, 1.165) is 25.9 Å². The predicted molar refractivity (Wildman–Crippen MR) is 62.8 cm³/mol. The molecule has 1 fully saturated rings.